The van der Waals surface area contributed by atoms with Crippen molar-refractivity contribution >= 4 is 5.91 Å². The first-order chi connectivity index (χ1) is 6.18. The molecule has 1 atom stereocenters. The number of H-pyrrole nitrogens is 1. The fraction of sp³-hybridized carbons (Fsp3) is 0.556. The molecule has 0 aromatic carbocycles. The van der Waals surface area contributed by atoms with Crippen molar-refractivity contribution < 1.29 is 4.79 Å². The second-order valence-corrected chi connectivity index (χ2v) is 3.61. The highest BCUT2D eigenvalue weighted by atomic mass is 16.2. The highest BCUT2D eigenvalue weighted by Crippen LogP contribution is 2.25. The van der Waals surface area contributed by atoms with Gasteiger partial charge in [0.05, 0.1) is 6.20 Å². The van der Waals surface area contributed by atoms with Crippen molar-refractivity contribution in [3.05, 3.63) is 17.5 Å². The molecular formula is C9H13N3O. The van der Waals surface area contributed by atoms with E-state index in [1.807, 2.05) is 4.90 Å². The van der Waals surface area contributed by atoms with Gasteiger partial charge in [0.1, 0.15) is 0 Å². The van der Waals surface area contributed by atoms with Crippen LogP contribution in [0.25, 0.3) is 0 Å². The van der Waals surface area contributed by atoms with E-state index in [-0.39, 0.29) is 5.91 Å². The molecule has 2 rings (SSSR count). The van der Waals surface area contributed by atoms with Crippen molar-refractivity contribution in [2.24, 2.45) is 0 Å². The molecule has 0 radical (unpaired) electrons. The Morgan fingerprint density at radius 1 is 1.77 bits per heavy atom. The number of aromatic amines is 1. The Bertz CT molecular complexity index is 331. The molecule has 1 aromatic rings. The van der Waals surface area contributed by atoms with E-state index >= 15 is 0 Å². The minimum Gasteiger partial charge on any atom is -0.338 e. The first-order valence-corrected chi connectivity index (χ1v) is 4.46. The molecule has 0 aliphatic carbocycles. The van der Waals surface area contributed by atoms with Crippen molar-refractivity contribution in [1.29, 1.82) is 0 Å². The Hall–Kier alpha value is -1.32. The summed E-state index contributed by atoms with van der Waals surface area (Å²) in [6.07, 6.45) is 1.81. The summed E-state index contributed by atoms with van der Waals surface area (Å²) in [4.78, 5) is 13.0. The molecule has 13 heavy (non-hydrogen) atoms. The number of nitrogens with one attached hydrogen (secondary N) is 1. The maximum Gasteiger partial charge on any atom is 0.219 e. The van der Waals surface area contributed by atoms with Crippen molar-refractivity contribution in [3.8, 4) is 0 Å². The molecule has 1 aliphatic rings. The van der Waals surface area contributed by atoms with Gasteiger partial charge in [0.15, 0.2) is 0 Å². The number of hydrogen-bond acceptors (Lipinski definition) is 2. The van der Waals surface area contributed by atoms with Gasteiger partial charge in [-0.15, -0.1) is 0 Å². The molecule has 0 spiro atoms. The van der Waals surface area contributed by atoms with Crippen LogP contribution in [-0.2, 0) is 11.3 Å². The van der Waals surface area contributed by atoms with Crippen LogP contribution in [0, 0.1) is 0 Å². The van der Waals surface area contributed by atoms with Gasteiger partial charge in [-0.2, -0.15) is 5.10 Å². The zero-order chi connectivity index (χ0) is 9.42. The van der Waals surface area contributed by atoms with Crippen LogP contribution in [0.5, 0.6) is 0 Å². The van der Waals surface area contributed by atoms with Gasteiger partial charge in [0.2, 0.25) is 5.91 Å². The summed E-state index contributed by atoms with van der Waals surface area (Å²) in [6, 6.07) is 0. The predicted octanol–water partition coefficient (Wildman–Crippen LogP) is 0.875. The summed E-state index contributed by atoms with van der Waals surface area (Å²) < 4.78 is 0. The summed E-state index contributed by atoms with van der Waals surface area (Å²) in [5.74, 6) is 0.508. The first-order valence-electron chi connectivity index (χ1n) is 4.46. The Morgan fingerprint density at radius 2 is 2.54 bits per heavy atom. The minimum atomic E-state index is 0.138. The number of amides is 1. The monoisotopic (exact) mass is 179 g/mol. The Balaban J connectivity index is 2.28. The molecule has 70 valence electrons. The van der Waals surface area contributed by atoms with E-state index in [1.165, 1.54) is 5.69 Å². The van der Waals surface area contributed by atoms with Crippen LogP contribution in [0.4, 0.5) is 0 Å². The molecule has 0 saturated carbocycles. The molecule has 1 N–H and O–H groups in total. The molecule has 1 amide bonds. The Morgan fingerprint density at radius 3 is 3.23 bits per heavy atom. The maximum absolute atomic E-state index is 11.2. The number of nitrogens with zero attached hydrogens (tertiary/aromatic N) is 2. The highest BCUT2D eigenvalue weighted by molar-refractivity contribution is 5.73. The summed E-state index contributed by atoms with van der Waals surface area (Å²) in [7, 11) is 0. The van der Waals surface area contributed by atoms with E-state index in [9.17, 15) is 4.79 Å². The lowest BCUT2D eigenvalue weighted by Gasteiger charge is -2.29. The molecule has 1 unspecified atom stereocenters. The molecule has 0 saturated heterocycles. The molecule has 1 aromatic heterocycles. The van der Waals surface area contributed by atoms with E-state index in [0.29, 0.717) is 12.5 Å². The SMILES string of the molecule is CC(=O)N1Cc2cn[nH]c2C(C)C1. The van der Waals surface area contributed by atoms with E-state index in [1.54, 1.807) is 13.1 Å². The van der Waals surface area contributed by atoms with Crippen LogP contribution in [0.3, 0.4) is 0 Å². The van der Waals surface area contributed by atoms with Crippen LogP contribution >= 0.6 is 0 Å². The largest absolute Gasteiger partial charge is 0.338 e. The lowest BCUT2D eigenvalue weighted by Crippen LogP contribution is -2.35. The number of carbonyl (C=O) groups is 1. The topological polar surface area (TPSA) is 49.0 Å². The normalized spacial score (nSPS) is 21.4. The minimum absolute atomic E-state index is 0.138. The van der Waals surface area contributed by atoms with Crippen LogP contribution in [0.2, 0.25) is 0 Å². The van der Waals surface area contributed by atoms with Gasteiger partial charge >= 0.3 is 0 Å². The van der Waals surface area contributed by atoms with E-state index in [0.717, 1.165) is 12.1 Å². The molecule has 0 fully saturated rings. The highest BCUT2D eigenvalue weighted by Gasteiger charge is 2.24. The van der Waals surface area contributed by atoms with Crippen LogP contribution < -0.4 is 0 Å². The number of rotatable bonds is 0. The second kappa shape index (κ2) is 2.87. The van der Waals surface area contributed by atoms with E-state index in [4.69, 9.17) is 0 Å². The predicted molar refractivity (Wildman–Crippen MR) is 48.1 cm³/mol. The third kappa shape index (κ3) is 1.32. The van der Waals surface area contributed by atoms with Gasteiger partial charge in [-0.3, -0.25) is 9.89 Å². The number of carbonyl (C=O) groups excluding carboxylic acids is 1. The summed E-state index contributed by atoms with van der Waals surface area (Å²) in [6.45, 7) is 5.21. The quantitative estimate of drug-likeness (QED) is 0.642. The van der Waals surface area contributed by atoms with Crippen molar-refractivity contribution in [2.45, 2.75) is 26.3 Å². The third-order valence-corrected chi connectivity index (χ3v) is 2.54. The standard InChI is InChI=1S/C9H13N3O/c1-6-4-12(7(2)13)5-8-3-10-11-9(6)8/h3,6H,4-5H2,1-2H3,(H,10,11). The molecule has 4 nitrogen and oxygen atoms in total. The van der Waals surface area contributed by atoms with Gasteiger partial charge < -0.3 is 4.90 Å². The van der Waals surface area contributed by atoms with Gasteiger partial charge in [0.25, 0.3) is 0 Å². The number of aromatic nitrogens is 2. The molecule has 2 heterocycles. The van der Waals surface area contributed by atoms with Crippen LogP contribution in [0.15, 0.2) is 6.20 Å². The van der Waals surface area contributed by atoms with Crippen molar-refractivity contribution in [3.63, 3.8) is 0 Å². The zero-order valence-electron chi connectivity index (χ0n) is 7.87. The Labute approximate surface area is 76.9 Å². The molecule has 1 aliphatic heterocycles. The fourth-order valence-corrected chi connectivity index (χ4v) is 1.81. The van der Waals surface area contributed by atoms with Gasteiger partial charge in [0, 0.05) is 37.2 Å². The summed E-state index contributed by atoms with van der Waals surface area (Å²) >= 11 is 0. The second-order valence-electron chi connectivity index (χ2n) is 3.61. The molecule has 0 bridgehead atoms. The number of fused-ring (bicyclic) bond motifs is 1. The smallest absolute Gasteiger partial charge is 0.219 e. The molecular weight excluding hydrogens is 166 g/mol. The third-order valence-electron chi connectivity index (χ3n) is 2.54. The van der Waals surface area contributed by atoms with Crippen LogP contribution in [-0.4, -0.2) is 27.5 Å². The zero-order valence-corrected chi connectivity index (χ0v) is 7.87. The van der Waals surface area contributed by atoms with Crippen molar-refractivity contribution in [1.82, 2.24) is 15.1 Å². The summed E-state index contributed by atoms with van der Waals surface area (Å²) in [5.41, 5.74) is 2.33. The van der Waals surface area contributed by atoms with E-state index in [2.05, 4.69) is 17.1 Å². The van der Waals surface area contributed by atoms with Gasteiger partial charge in [-0.05, 0) is 0 Å². The summed E-state index contributed by atoms with van der Waals surface area (Å²) in [5, 5.41) is 6.96. The lowest BCUT2D eigenvalue weighted by atomic mass is 9.99. The van der Waals surface area contributed by atoms with Gasteiger partial charge in [-0.25, -0.2) is 0 Å². The van der Waals surface area contributed by atoms with Gasteiger partial charge in [-0.1, -0.05) is 6.92 Å². The first kappa shape index (κ1) is 8.29. The van der Waals surface area contributed by atoms with Crippen molar-refractivity contribution in [2.75, 3.05) is 6.54 Å². The lowest BCUT2D eigenvalue weighted by molar-refractivity contribution is -0.130. The Kier molecular flexibility index (Phi) is 1.83. The fourth-order valence-electron chi connectivity index (χ4n) is 1.81. The average molecular weight is 179 g/mol. The maximum atomic E-state index is 11.2. The number of hydrogen-bond donors (Lipinski definition) is 1. The average Bonchev–Trinajstić information content (AvgIpc) is 2.51. The van der Waals surface area contributed by atoms with Crippen LogP contribution in [0.1, 0.15) is 31.0 Å². The van der Waals surface area contributed by atoms with E-state index < -0.39 is 0 Å². The molecule has 4 heteroatoms.